The molecule has 0 bridgehead atoms. The van der Waals surface area contributed by atoms with Gasteiger partial charge in [0.15, 0.2) is 10.9 Å². The average Bonchev–Trinajstić information content (AvgIpc) is 3.44. The van der Waals surface area contributed by atoms with Gasteiger partial charge in [0, 0.05) is 30.1 Å². The monoisotopic (exact) mass is 420 g/mol. The van der Waals surface area contributed by atoms with Crippen LogP contribution in [0.4, 0.5) is 15.6 Å². The van der Waals surface area contributed by atoms with Crippen molar-refractivity contribution in [2.24, 2.45) is 0 Å². The fourth-order valence-corrected chi connectivity index (χ4v) is 5.09. The van der Waals surface area contributed by atoms with Gasteiger partial charge < -0.3 is 0 Å². The minimum atomic E-state index is -0.191. The van der Waals surface area contributed by atoms with Crippen LogP contribution in [0.3, 0.4) is 0 Å². The van der Waals surface area contributed by atoms with Gasteiger partial charge in [-0.2, -0.15) is 0 Å². The smallest absolute Gasteiger partial charge is 0.294 e. The van der Waals surface area contributed by atoms with Crippen LogP contribution in [0.5, 0.6) is 0 Å². The number of amides is 2. The molecule has 2 amide bonds. The zero-order chi connectivity index (χ0) is 20.0. The maximum absolute atomic E-state index is 12.9. The highest BCUT2D eigenvalue weighted by Crippen LogP contribution is 2.35. The minimum Gasteiger partial charge on any atom is -0.294 e. The van der Waals surface area contributed by atoms with E-state index in [0.29, 0.717) is 17.4 Å². The molecule has 0 fully saturated rings. The Morgan fingerprint density at radius 1 is 1.14 bits per heavy atom. The summed E-state index contributed by atoms with van der Waals surface area (Å²) in [6.45, 7) is 2.13. The Hall–Kier alpha value is -3.10. The highest BCUT2D eigenvalue weighted by molar-refractivity contribution is 7.22. The summed E-state index contributed by atoms with van der Waals surface area (Å²) in [5, 5.41) is 6.06. The van der Waals surface area contributed by atoms with Gasteiger partial charge in [0.2, 0.25) is 0 Å². The van der Waals surface area contributed by atoms with Crippen LogP contribution in [0.15, 0.2) is 47.8 Å². The Kier molecular flexibility index (Phi) is 4.37. The summed E-state index contributed by atoms with van der Waals surface area (Å²) in [6, 6.07) is 13.6. The van der Waals surface area contributed by atoms with Crippen LogP contribution in [-0.4, -0.2) is 28.3 Å². The van der Waals surface area contributed by atoms with E-state index in [1.54, 1.807) is 10.3 Å². The number of anilines is 2. The number of fused-ring (bicyclic) bond motifs is 2. The standard InChI is InChI=1S/C21H16N4O2S2/c1-12(26)16-11-28-19(22-16)14-7-6-13-8-9-25(17(13)10-14)21(27)24-20-23-15-4-2-3-5-18(15)29-20/h2-7,10-11H,8-9H2,1H3,(H,23,24,27). The molecule has 1 N–H and O–H groups in total. The van der Waals surface area contributed by atoms with Crippen molar-refractivity contribution in [3.8, 4) is 10.6 Å². The van der Waals surface area contributed by atoms with Crippen LogP contribution < -0.4 is 10.2 Å². The molecule has 0 spiro atoms. The molecule has 29 heavy (non-hydrogen) atoms. The summed E-state index contributed by atoms with van der Waals surface area (Å²) in [7, 11) is 0. The Bertz CT molecular complexity index is 1230. The molecule has 0 unspecified atom stereocenters. The molecule has 3 heterocycles. The lowest BCUT2D eigenvalue weighted by molar-refractivity contribution is 0.101. The molecule has 2 aromatic carbocycles. The Labute approximate surface area is 174 Å². The Morgan fingerprint density at radius 2 is 2.00 bits per heavy atom. The van der Waals surface area contributed by atoms with Crippen molar-refractivity contribution in [1.29, 1.82) is 0 Å². The number of hydrogen-bond acceptors (Lipinski definition) is 6. The van der Waals surface area contributed by atoms with E-state index >= 15 is 0 Å². The van der Waals surface area contributed by atoms with Gasteiger partial charge >= 0.3 is 6.03 Å². The fraction of sp³-hybridized carbons (Fsp3) is 0.143. The van der Waals surface area contributed by atoms with Crippen molar-refractivity contribution in [1.82, 2.24) is 9.97 Å². The molecule has 0 aliphatic carbocycles. The molecule has 5 rings (SSSR count). The predicted molar refractivity (Wildman–Crippen MR) is 117 cm³/mol. The van der Waals surface area contributed by atoms with Crippen molar-refractivity contribution in [3.05, 3.63) is 59.1 Å². The summed E-state index contributed by atoms with van der Waals surface area (Å²) in [5.74, 6) is -0.0505. The van der Waals surface area contributed by atoms with E-state index in [9.17, 15) is 9.59 Å². The van der Waals surface area contributed by atoms with E-state index in [0.717, 1.165) is 38.5 Å². The van der Waals surface area contributed by atoms with Crippen LogP contribution in [0, 0.1) is 0 Å². The molecule has 4 aromatic rings. The second kappa shape index (κ2) is 7.06. The number of carbonyl (C=O) groups is 2. The number of urea groups is 1. The third-order valence-corrected chi connectivity index (χ3v) is 6.69. The maximum atomic E-state index is 12.9. The van der Waals surface area contributed by atoms with E-state index in [2.05, 4.69) is 15.3 Å². The lowest BCUT2D eigenvalue weighted by atomic mass is 10.1. The van der Waals surface area contributed by atoms with Crippen LogP contribution in [0.25, 0.3) is 20.8 Å². The number of ketones is 1. The van der Waals surface area contributed by atoms with Gasteiger partial charge in [0.1, 0.15) is 10.7 Å². The molecule has 6 nitrogen and oxygen atoms in total. The number of nitrogens with zero attached hydrogens (tertiary/aromatic N) is 3. The van der Waals surface area contributed by atoms with Crippen molar-refractivity contribution in [2.75, 3.05) is 16.8 Å². The van der Waals surface area contributed by atoms with Gasteiger partial charge in [-0.1, -0.05) is 35.6 Å². The van der Waals surface area contributed by atoms with Crippen molar-refractivity contribution in [3.63, 3.8) is 0 Å². The SMILES string of the molecule is CC(=O)c1csc(-c2ccc3c(c2)N(C(=O)Nc2nc4ccccc4s2)CC3)n1. The van der Waals surface area contributed by atoms with Crippen LogP contribution in [-0.2, 0) is 6.42 Å². The first kappa shape index (κ1) is 18.0. The van der Waals surface area contributed by atoms with E-state index in [1.807, 2.05) is 42.5 Å². The largest absolute Gasteiger partial charge is 0.328 e. The van der Waals surface area contributed by atoms with Gasteiger partial charge in [0.05, 0.1) is 10.2 Å². The number of carbonyl (C=O) groups excluding carboxylic acids is 2. The molecule has 144 valence electrons. The van der Waals surface area contributed by atoms with Gasteiger partial charge in [-0.25, -0.2) is 14.8 Å². The molecule has 2 aromatic heterocycles. The molecule has 1 aliphatic rings. The van der Waals surface area contributed by atoms with Crippen LogP contribution in [0.1, 0.15) is 23.0 Å². The lowest BCUT2D eigenvalue weighted by Gasteiger charge is -2.17. The second-order valence-corrected chi connectivity index (χ2v) is 8.64. The summed E-state index contributed by atoms with van der Waals surface area (Å²) in [6.07, 6.45) is 0.805. The first-order chi connectivity index (χ1) is 14.1. The minimum absolute atomic E-state index is 0.0505. The van der Waals surface area contributed by atoms with E-state index in [1.165, 1.54) is 29.6 Å². The van der Waals surface area contributed by atoms with Crippen LogP contribution in [0.2, 0.25) is 0 Å². The number of para-hydroxylation sites is 1. The number of hydrogen-bond donors (Lipinski definition) is 1. The number of thiazole rings is 2. The third kappa shape index (κ3) is 3.30. The molecule has 8 heteroatoms. The van der Waals surface area contributed by atoms with Crippen LogP contribution >= 0.6 is 22.7 Å². The highest BCUT2D eigenvalue weighted by Gasteiger charge is 2.26. The highest BCUT2D eigenvalue weighted by atomic mass is 32.1. The second-order valence-electron chi connectivity index (χ2n) is 6.76. The number of Topliss-reactive ketones (excluding diaryl/α,β-unsaturated/α-hetero) is 1. The Balaban J connectivity index is 1.41. The van der Waals surface area contributed by atoms with E-state index in [4.69, 9.17) is 0 Å². The van der Waals surface area contributed by atoms with Crippen molar-refractivity contribution >= 4 is 55.5 Å². The fourth-order valence-electron chi connectivity index (χ4n) is 3.38. The lowest BCUT2D eigenvalue weighted by Crippen LogP contribution is -2.33. The Morgan fingerprint density at radius 3 is 2.79 bits per heavy atom. The average molecular weight is 421 g/mol. The first-order valence-corrected chi connectivity index (χ1v) is 10.8. The summed E-state index contributed by atoms with van der Waals surface area (Å²) < 4.78 is 1.04. The molecule has 0 atom stereocenters. The molecule has 1 aliphatic heterocycles. The quantitative estimate of drug-likeness (QED) is 0.461. The van der Waals surface area contributed by atoms with Crippen molar-refractivity contribution in [2.45, 2.75) is 13.3 Å². The summed E-state index contributed by atoms with van der Waals surface area (Å²) >= 11 is 2.89. The number of aromatic nitrogens is 2. The van der Waals surface area contributed by atoms with Gasteiger partial charge in [-0.15, -0.1) is 11.3 Å². The zero-order valence-electron chi connectivity index (χ0n) is 15.5. The molecular formula is C21H16N4O2S2. The molecular weight excluding hydrogens is 404 g/mol. The number of benzene rings is 2. The van der Waals surface area contributed by atoms with E-state index < -0.39 is 0 Å². The first-order valence-electron chi connectivity index (χ1n) is 9.12. The topological polar surface area (TPSA) is 75.2 Å². The molecule has 0 radical (unpaired) electrons. The summed E-state index contributed by atoms with van der Waals surface area (Å²) in [4.78, 5) is 35.1. The molecule has 0 saturated heterocycles. The third-order valence-electron chi connectivity index (χ3n) is 4.85. The van der Waals surface area contributed by atoms with Gasteiger partial charge in [-0.05, 0) is 30.2 Å². The van der Waals surface area contributed by atoms with Gasteiger partial charge in [0.25, 0.3) is 0 Å². The molecule has 0 saturated carbocycles. The van der Waals surface area contributed by atoms with Crippen molar-refractivity contribution < 1.29 is 9.59 Å². The van der Waals surface area contributed by atoms with E-state index in [-0.39, 0.29) is 11.8 Å². The zero-order valence-corrected chi connectivity index (χ0v) is 17.1. The predicted octanol–water partition coefficient (Wildman–Crippen LogP) is 5.22. The normalized spacial score (nSPS) is 12.9. The maximum Gasteiger partial charge on any atom is 0.328 e. The van der Waals surface area contributed by atoms with Gasteiger partial charge in [-0.3, -0.25) is 15.0 Å². The summed E-state index contributed by atoms with van der Waals surface area (Å²) in [5.41, 5.74) is 4.25. The number of rotatable bonds is 3. The number of nitrogens with one attached hydrogen (secondary N) is 1.